The zero-order valence-electron chi connectivity index (χ0n) is 9.76. The number of carbonyl (C=O) groups excluding carboxylic acids is 1. The molecule has 1 unspecified atom stereocenters. The third-order valence-corrected chi connectivity index (χ3v) is 3.43. The van der Waals surface area contributed by atoms with Gasteiger partial charge in [0.15, 0.2) is 0 Å². The van der Waals surface area contributed by atoms with Crippen molar-refractivity contribution in [3.8, 4) is 0 Å². The SMILES string of the molecule is Cc1c(F)cccc1CC(Br)C(=O)C(C)C. The van der Waals surface area contributed by atoms with Gasteiger partial charge >= 0.3 is 0 Å². The molecule has 0 heterocycles. The van der Waals surface area contributed by atoms with Gasteiger partial charge in [-0.1, -0.05) is 41.9 Å². The molecule has 0 aliphatic carbocycles. The van der Waals surface area contributed by atoms with Gasteiger partial charge in [-0.15, -0.1) is 0 Å². The highest BCUT2D eigenvalue weighted by atomic mass is 79.9. The molecular weight excluding hydrogens is 271 g/mol. The van der Waals surface area contributed by atoms with E-state index in [1.54, 1.807) is 13.0 Å². The maximum Gasteiger partial charge on any atom is 0.149 e. The molecule has 88 valence electrons. The first-order chi connectivity index (χ1) is 7.43. The third-order valence-electron chi connectivity index (χ3n) is 2.66. The zero-order chi connectivity index (χ0) is 12.3. The molecule has 0 radical (unpaired) electrons. The van der Waals surface area contributed by atoms with Gasteiger partial charge in [0.05, 0.1) is 4.83 Å². The van der Waals surface area contributed by atoms with Crippen LogP contribution in [0.1, 0.15) is 25.0 Å². The minimum atomic E-state index is -0.229. The number of carbonyl (C=O) groups is 1. The summed E-state index contributed by atoms with van der Waals surface area (Å²) >= 11 is 3.37. The lowest BCUT2D eigenvalue weighted by molar-refractivity contribution is -0.121. The predicted octanol–water partition coefficient (Wildman–Crippen LogP) is 3.67. The lowest BCUT2D eigenvalue weighted by atomic mass is 9.98. The van der Waals surface area contributed by atoms with Gasteiger partial charge in [0.2, 0.25) is 0 Å². The Bertz CT molecular complexity index is 388. The lowest BCUT2D eigenvalue weighted by Crippen LogP contribution is -2.22. The van der Waals surface area contributed by atoms with E-state index in [-0.39, 0.29) is 22.3 Å². The standard InChI is InChI=1S/C13H16BrFO/c1-8(2)13(16)11(14)7-10-5-4-6-12(15)9(10)3/h4-6,8,11H,7H2,1-3H3. The third kappa shape index (κ3) is 3.14. The van der Waals surface area contributed by atoms with Crippen molar-refractivity contribution in [3.63, 3.8) is 0 Å². The molecule has 0 aromatic heterocycles. The molecule has 1 atom stereocenters. The molecule has 3 heteroatoms. The summed E-state index contributed by atoms with van der Waals surface area (Å²) in [6.07, 6.45) is 0.542. The molecule has 0 N–H and O–H groups in total. The summed E-state index contributed by atoms with van der Waals surface area (Å²) in [5.41, 5.74) is 1.51. The molecule has 0 amide bonds. The number of hydrogen-bond donors (Lipinski definition) is 0. The van der Waals surface area contributed by atoms with Crippen molar-refractivity contribution < 1.29 is 9.18 Å². The summed E-state index contributed by atoms with van der Waals surface area (Å²) in [7, 11) is 0. The van der Waals surface area contributed by atoms with Crippen LogP contribution in [0, 0.1) is 18.7 Å². The van der Waals surface area contributed by atoms with Crippen LogP contribution in [0.5, 0.6) is 0 Å². The van der Waals surface area contributed by atoms with Gasteiger partial charge < -0.3 is 0 Å². The maximum atomic E-state index is 13.3. The maximum absolute atomic E-state index is 13.3. The number of halogens is 2. The van der Waals surface area contributed by atoms with E-state index in [1.807, 2.05) is 19.9 Å². The van der Waals surface area contributed by atoms with Crippen LogP contribution in [0.4, 0.5) is 4.39 Å². The first kappa shape index (κ1) is 13.4. The monoisotopic (exact) mass is 286 g/mol. The topological polar surface area (TPSA) is 17.1 Å². The van der Waals surface area contributed by atoms with Gasteiger partial charge in [0.25, 0.3) is 0 Å². The summed E-state index contributed by atoms with van der Waals surface area (Å²) in [6.45, 7) is 5.48. The Balaban J connectivity index is 2.81. The molecule has 16 heavy (non-hydrogen) atoms. The van der Waals surface area contributed by atoms with Crippen molar-refractivity contribution in [2.45, 2.75) is 32.0 Å². The average Bonchev–Trinajstić information content (AvgIpc) is 2.23. The second-order valence-electron chi connectivity index (χ2n) is 4.25. The molecule has 0 saturated carbocycles. The van der Waals surface area contributed by atoms with Crippen LogP contribution in [-0.2, 0) is 11.2 Å². The first-order valence-corrected chi connectivity index (χ1v) is 6.26. The van der Waals surface area contributed by atoms with E-state index in [0.29, 0.717) is 12.0 Å². The molecule has 0 fully saturated rings. The number of ketones is 1. The van der Waals surface area contributed by atoms with Crippen LogP contribution < -0.4 is 0 Å². The van der Waals surface area contributed by atoms with Crippen LogP contribution in [0.25, 0.3) is 0 Å². The molecule has 0 aliphatic rings. The Hall–Kier alpha value is -0.700. The quantitative estimate of drug-likeness (QED) is 0.772. The highest BCUT2D eigenvalue weighted by Crippen LogP contribution is 2.19. The first-order valence-electron chi connectivity index (χ1n) is 5.35. The number of benzene rings is 1. The van der Waals surface area contributed by atoms with Crippen molar-refractivity contribution in [3.05, 3.63) is 35.1 Å². The Morgan fingerprint density at radius 1 is 1.44 bits per heavy atom. The molecule has 1 rings (SSSR count). The van der Waals surface area contributed by atoms with Gasteiger partial charge in [0.1, 0.15) is 11.6 Å². The van der Waals surface area contributed by atoms with E-state index < -0.39 is 0 Å². The zero-order valence-corrected chi connectivity index (χ0v) is 11.3. The van der Waals surface area contributed by atoms with Crippen molar-refractivity contribution in [2.24, 2.45) is 5.92 Å². The number of rotatable bonds is 4. The van der Waals surface area contributed by atoms with Gasteiger partial charge in [-0.2, -0.15) is 0 Å². The number of Topliss-reactive ketones (excluding diaryl/α,β-unsaturated/α-hetero) is 1. The average molecular weight is 287 g/mol. The smallest absolute Gasteiger partial charge is 0.149 e. The molecule has 0 aliphatic heterocycles. The minimum absolute atomic E-state index is 0.00163. The summed E-state index contributed by atoms with van der Waals surface area (Å²) < 4.78 is 13.3. The molecule has 1 aromatic rings. The summed E-state index contributed by atoms with van der Waals surface area (Å²) in [6, 6.07) is 4.98. The summed E-state index contributed by atoms with van der Waals surface area (Å²) in [5.74, 6) is -0.0592. The van der Waals surface area contributed by atoms with Crippen LogP contribution in [0.15, 0.2) is 18.2 Å². The summed E-state index contributed by atoms with van der Waals surface area (Å²) in [5, 5.41) is 0. The molecule has 1 nitrogen and oxygen atoms in total. The van der Waals surface area contributed by atoms with E-state index in [4.69, 9.17) is 0 Å². The van der Waals surface area contributed by atoms with Crippen molar-refractivity contribution in [1.29, 1.82) is 0 Å². The minimum Gasteiger partial charge on any atom is -0.298 e. The van der Waals surface area contributed by atoms with E-state index in [1.165, 1.54) is 6.07 Å². The largest absolute Gasteiger partial charge is 0.298 e. The number of hydrogen-bond acceptors (Lipinski definition) is 1. The Kier molecular flexibility index (Phi) is 4.66. The molecule has 0 spiro atoms. The van der Waals surface area contributed by atoms with Crippen LogP contribution in [0.3, 0.4) is 0 Å². The van der Waals surface area contributed by atoms with E-state index in [0.717, 1.165) is 5.56 Å². The van der Waals surface area contributed by atoms with Gasteiger partial charge in [0, 0.05) is 5.92 Å². The van der Waals surface area contributed by atoms with E-state index in [2.05, 4.69) is 15.9 Å². The van der Waals surface area contributed by atoms with Gasteiger partial charge in [-0.25, -0.2) is 4.39 Å². The molecule has 0 bridgehead atoms. The summed E-state index contributed by atoms with van der Waals surface area (Å²) in [4.78, 5) is 11.5. The lowest BCUT2D eigenvalue weighted by Gasteiger charge is -2.13. The second-order valence-corrected chi connectivity index (χ2v) is 5.36. The molecule has 0 saturated heterocycles. The van der Waals surface area contributed by atoms with Crippen LogP contribution in [0.2, 0.25) is 0 Å². The predicted molar refractivity (Wildman–Crippen MR) is 67.4 cm³/mol. The highest BCUT2D eigenvalue weighted by Gasteiger charge is 2.19. The Morgan fingerprint density at radius 3 is 2.62 bits per heavy atom. The van der Waals surface area contributed by atoms with Gasteiger partial charge in [-0.3, -0.25) is 4.79 Å². The fraction of sp³-hybridized carbons (Fsp3) is 0.462. The van der Waals surface area contributed by atoms with Crippen molar-refractivity contribution in [2.75, 3.05) is 0 Å². The molecule has 1 aromatic carbocycles. The van der Waals surface area contributed by atoms with E-state index in [9.17, 15) is 9.18 Å². The Labute approximate surface area is 104 Å². The van der Waals surface area contributed by atoms with Gasteiger partial charge in [-0.05, 0) is 30.5 Å². The second kappa shape index (κ2) is 5.58. The van der Waals surface area contributed by atoms with E-state index >= 15 is 0 Å². The van der Waals surface area contributed by atoms with Crippen molar-refractivity contribution >= 4 is 21.7 Å². The fourth-order valence-corrected chi connectivity index (χ4v) is 2.41. The van der Waals surface area contributed by atoms with Crippen LogP contribution in [-0.4, -0.2) is 10.6 Å². The normalized spacial score (nSPS) is 12.9. The highest BCUT2D eigenvalue weighted by molar-refractivity contribution is 9.10. The number of alkyl halides is 1. The van der Waals surface area contributed by atoms with Crippen LogP contribution >= 0.6 is 15.9 Å². The fourth-order valence-electron chi connectivity index (χ4n) is 1.53. The van der Waals surface area contributed by atoms with Crippen molar-refractivity contribution in [1.82, 2.24) is 0 Å². The Morgan fingerprint density at radius 2 is 2.06 bits per heavy atom. The molecular formula is C13H16BrFO.